The average Bonchev–Trinajstić information content (AvgIpc) is 3.18. The Kier molecular flexibility index (Phi) is 10.5. The highest BCUT2D eigenvalue weighted by atomic mass is 16.5. The molecule has 2 aliphatic heterocycles. The van der Waals surface area contributed by atoms with Crippen LogP contribution in [0.25, 0.3) is 0 Å². The molecule has 3 saturated carbocycles. The molecule has 2 spiro atoms. The Morgan fingerprint density at radius 2 is 1.58 bits per heavy atom. The summed E-state index contributed by atoms with van der Waals surface area (Å²) in [5.41, 5.74) is 4.23. The van der Waals surface area contributed by atoms with Crippen LogP contribution in [0.1, 0.15) is 114 Å². The van der Waals surface area contributed by atoms with Crippen molar-refractivity contribution in [3.05, 3.63) is 0 Å². The quantitative estimate of drug-likeness (QED) is 0.227. The fraction of sp³-hybridized carbons (Fsp3) is 0.868. The fourth-order valence-electron chi connectivity index (χ4n) is 9.92. The second-order valence-electron chi connectivity index (χ2n) is 18.8. The van der Waals surface area contributed by atoms with Gasteiger partial charge in [-0.25, -0.2) is 4.79 Å². The smallest absolute Gasteiger partial charge is 0.315 e. The summed E-state index contributed by atoms with van der Waals surface area (Å²) < 4.78 is 5.88. The number of rotatable bonds is 12. The summed E-state index contributed by atoms with van der Waals surface area (Å²) in [5, 5.41) is 9.08. The molecule has 0 aromatic rings. The minimum atomic E-state index is -1.07. The lowest BCUT2D eigenvalue weighted by Crippen LogP contribution is -2.61. The number of carbonyl (C=O) groups excluding carboxylic acids is 5. The van der Waals surface area contributed by atoms with Gasteiger partial charge in [-0.05, 0) is 67.6 Å². The Labute approximate surface area is 299 Å². The van der Waals surface area contributed by atoms with Crippen LogP contribution in [0.15, 0.2) is 0 Å². The highest BCUT2D eigenvalue weighted by molar-refractivity contribution is 6.37. The zero-order chi connectivity index (χ0) is 37.0. The zero-order valence-corrected chi connectivity index (χ0v) is 32.1. The molecule has 0 aromatic carbocycles. The minimum Gasteiger partial charge on any atom is -0.373 e. The summed E-state index contributed by atoms with van der Waals surface area (Å²) in [6.45, 7) is 21.8. The van der Waals surface area contributed by atoms with Crippen LogP contribution in [0.5, 0.6) is 0 Å². The Bertz CT molecular complexity index is 1350. The standard InChI is InChI=1S/C38H64N6O6/c1-23(2)26(20-43-16-17-50-35(6,7)21-43)41-33(49)42-29(34(3,4)5)32(48)44-22-38(36(8,9)37(38)14-11-15-37)19-27(44)31(47)40-25(28(45)30(39)46)18-24-12-10-13-24/h23-27,29H,10-22H2,1-9H3,(H2,39,46)(H,40,47)(H2,41,42,49)/t25?,26-,27+,29-,38-/m1/s1. The molecule has 0 bridgehead atoms. The van der Waals surface area contributed by atoms with E-state index in [9.17, 15) is 24.0 Å². The summed E-state index contributed by atoms with van der Waals surface area (Å²) >= 11 is 0. The fourth-order valence-corrected chi connectivity index (χ4v) is 9.92. The third-order valence-corrected chi connectivity index (χ3v) is 13.5. The van der Waals surface area contributed by atoms with Gasteiger partial charge >= 0.3 is 6.03 Å². The van der Waals surface area contributed by atoms with Crippen molar-refractivity contribution in [3.63, 3.8) is 0 Å². The van der Waals surface area contributed by atoms with Gasteiger partial charge < -0.3 is 31.3 Å². The molecule has 5 amide bonds. The van der Waals surface area contributed by atoms with Gasteiger partial charge in [0.2, 0.25) is 17.6 Å². The van der Waals surface area contributed by atoms with E-state index >= 15 is 0 Å². The number of nitrogens with two attached hydrogens (primary N) is 1. The van der Waals surface area contributed by atoms with Crippen LogP contribution in [0, 0.1) is 33.5 Å². The maximum atomic E-state index is 14.8. The summed E-state index contributed by atoms with van der Waals surface area (Å²) in [5.74, 6) is -2.22. The zero-order valence-electron chi connectivity index (χ0n) is 32.1. The number of likely N-dealkylation sites (tertiary alicyclic amines) is 1. The molecule has 5 rings (SSSR count). The lowest BCUT2D eigenvalue weighted by molar-refractivity contribution is -0.143. The van der Waals surface area contributed by atoms with E-state index in [1.165, 1.54) is 0 Å². The highest BCUT2D eigenvalue weighted by Crippen LogP contribution is 2.88. The largest absolute Gasteiger partial charge is 0.373 e. The maximum Gasteiger partial charge on any atom is 0.315 e. The van der Waals surface area contributed by atoms with Crippen LogP contribution >= 0.6 is 0 Å². The van der Waals surface area contributed by atoms with Gasteiger partial charge in [-0.2, -0.15) is 0 Å². The van der Waals surface area contributed by atoms with Crippen molar-refractivity contribution < 1.29 is 28.7 Å². The third-order valence-electron chi connectivity index (χ3n) is 13.5. The van der Waals surface area contributed by atoms with E-state index < -0.39 is 47.2 Å². The predicted molar refractivity (Wildman–Crippen MR) is 191 cm³/mol. The van der Waals surface area contributed by atoms with Crippen LogP contribution < -0.4 is 21.7 Å². The number of Topliss-reactive ketones (excluding diaryl/α,β-unsaturated/α-hetero) is 1. The van der Waals surface area contributed by atoms with Gasteiger partial charge in [0.25, 0.3) is 5.91 Å². The van der Waals surface area contributed by atoms with E-state index in [-0.39, 0.29) is 45.6 Å². The molecule has 2 saturated heterocycles. The highest BCUT2D eigenvalue weighted by Gasteiger charge is 2.85. The number of amides is 5. The van der Waals surface area contributed by atoms with Crippen molar-refractivity contribution in [3.8, 4) is 0 Å². The number of primary amides is 1. The first-order valence-electron chi connectivity index (χ1n) is 19.0. The molecule has 282 valence electrons. The molecule has 1 unspecified atom stereocenters. The molecule has 5 N–H and O–H groups in total. The number of ether oxygens (including phenoxy) is 1. The summed E-state index contributed by atoms with van der Waals surface area (Å²) in [4.78, 5) is 71.7. The second-order valence-corrected chi connectivity index (χ2v) is 18.8. The van der Waals surface area contributed by atoms with Crippen molar-refractivity contribution in [2.75, 3.05) is 32.8 Å². The first-order valence-corrected chi connectivity index (χ1v) is 19.0. The molecular weight excluding hydrogens is 636 g/mol. The molecule has 0 aromatic heterocycles. The van der Waals surface area contributed by atoms with Gasteiger partial charge in [0, 0.05) is 37.6 Å². The first kappa shape index (κ1) is 38.5. The van der Waals surface area contributed by atoms with Crippen LogP contribution in [0.3, 0.4) is 0 Å². The lowest BCUT2D eigenvalue weighted by Gasteiger charge is -2.40. The van der Waals surface area contributed by atoms with E-state index in [2.05, 4.69) is 62.4 Å². The van der Waals surface area contributed by atoms with Gasteiger partial charge in [0.1, 0.15) is 12.1 Å². The van der Waals surface area contributed by atoms with E-state index in [1.807, 2.05) is 20.8 Å². The summed E-state index contributed by atoms with van der Waals surface area (Å²) in [7, 11) is 0. The molecule has 3 aliphatic carbocycles. The summed E-state index contributed by atoms with van der Waals surface area (Å²) in [6.07, 6.45) is 7.01. The Hall–Kier alpha value is -2.73. The van der Waals surface area contributed by atoms with Crippen LogP contribution in [0.2, 0.25) is 0 Å². The molecule has 5 atom stereocenters. The van der Waals surface area contributed by atoms with Gasteiger partial charge in [-0.1, -0.05) is 74.1 Å². The number of hydrogen-bond acceptors (Lipinski definition) is 7. The Balaban J connectivity index is 1.36. The molecule has 5 fully saturated rings. The van der Waals surface area contributed by atoms with Gasteiger partial charge in [0.05, 0.1) is 18.2 Å². The van der Waals surface area contributed by atoms with Crippen molar-refractivity contribution in [2.24, 2.45) is 39.2 Å². The normalized spacial score (nSPS) is 28.7. The number of nitrogens with zero attached hydrogens (tertiary/aromatic N) is 2. The van der Waals surface area contributed by atoms with Crippen molar-refractivity contribution in [1.29, 1.82) is 0 Å². The molecule has 50 heavy (non-hydrogen) atoms. The van der Waals surface area contributed by atoms with Gasteiger partial charge in [0.15, 0.2) is 0 Å². The van der Waals surface area contributed by atoms with Gasteiger partial charge in [-0.15, -0.1) is 0 Å². The second kappa shape index (κ2) is 13.7. The first-order chi connectivity index (χ1) is 23.1. The van der Waals surface area contributed by atoms with Crippen LogP contribution in [-0.4, -0.2) is 102 Å². The van der Waals surface area contributed by atoms with Crippen LogP contribution in [0.4, 0.5) is 4.79 Å². The van der Waals surface area contributed by atoms with E-state index in [0.717, 1.165) is 51.6 Å². The lowest BCUT2D eigenvalue weighted by atomic mass is 9.73. The monoisotopic (exact) mass is 700 g/mol. The van der Waals surface area contributed by atoms with Crippen molar-refractivity contribution >= 4 is 29.5 Å². The number of ketones is 1. The number of nitrogens with one attached hydrogen (secondary N) is 3. The number of morpholine rings is 1. The van der Waals surface area contributed by atoms with Crippen molar-refractivity contribution in [1.82, 2.24) is 25.8 Å². The van der Waals surface area contributed by atoms with Crippen molar-refractivity contribution in [2.45, 2.75) is 143 Å². The number of carbonyl (C=O) groups is 5. The maximum absolute atomic E-state index is 14.8. The molecule has 5 aliphatic rings. The average molecular weight is 701 g/mol. The van der Waals surface area contributed by atoms with Gasteiger partial charge in [-0.3, -0.25) is 24.1 Å². The van der Waals surface area contributed by atoms with Crippen LogP contribution in [-0.2, 0) is 23.9 Å². The predicted octanol–water partition coefficient (Wildman–Crippen LogP) is 3.36. The Morgan fingerprint density at radius 3 is 2.06 bits per heavy atom. The van der Waals surface area contributed by atoms with E-state index in [0.29, 0.717) is 32.5 Å². The SMILES string of the molecule is CC(C)[C@@H](CN1CCOC(C)(C)C1)NC(=O)N[C@H](C(=O)N1C[C@]2(C[C@H]1C(=O)NC(CC1CCC1)C(=O)C(N)=O)C(C)(C)C21CCC1)C(C)(C)C. The Morgan fingerprint density at radius 1 is 0.920 bits per heavy atom. The minimum absolute atomic E-state index is 0.0580. The summed E-state index contributed by atoms with van der Waals surface area (Å²) in [6, 6.07) is -3.35. The third kappa shape index (κ3) is 7.04. The number of fused-ring (bicyclic) bond motifs is 1. The molecule has 2 heterocycles. The van der Waals surface area contributed by atoms with E-state index in [4.69, 9.17) is 10.5 Å². The molecular formula is C38H64N6O6. The molecule has 0 radical (unpaired) electrons. The number of urea groups is 1. The topological polar surface area (TPSA) is 163 Å². The van der Waals surface area contributed by atoms with E-state index in [1.54, 1.807) is 4.90 Å². The molecule has 12 heteroatoms. The number of hydrogen-bond donors (Lipinski definition) is 4. The molecule has 12 nitrogen and oxygen atoms in total.